The van der Waals surface area contributed by atoms with Crippen molar-refractivity contribution in [3.8, 4) is 0 Å². The summed E-state index contributed by atoms with van der Waals surface area (Å²) >= 11 is 0. The molecule has 20 heavy (non-hydrogen) atoms. The number of hydrogen-bond acceptors (Lipinski definition) is 4. The fourth-order valence-corrected chi connectivity index (χ4v) is 3.38. The van der Waals surface area contributed by atoms with Gasteiger partial charge in [0.2, 0.25) is 0 Å². The number of aromatic nitrogens is 2. The molecule has 0 amide bonds. The molecule has 1 aliphatic carbocycles. The first-order chi connectivity index (χ1) is 9.72. The Morgan fingerprint density at radius 1 is 1.05 bits per heavy atom. The summed E-state index contributed by atoms with van der Waals surface area (Å²) in [7, 11) is 2.16. The minimum absolute atomic E-state index is 0.554. The molecule has 0 spiro atoms. The third-order valence-corrected chi connectivity index (χ3v) is 4.60. The number of nitrogens with two attached hydrogens (primary N) is 1. The van der Waals surface area contributed by atoms with E-state index < -0.39 is 0 Å². The SMILES string of the molecule is CCc1nnc(N(C)C2CCCCC2)c(CN)c1CC. The second-order valence-electron chi connectivity index (χ2n) is 5.74. The zero-order valence-electron chi connectivity index (χ0n) is 13.2. The van der Waals surface area contributed by atoms with Gasteiger partial charge in [-0.1, -0.05) is 33.1 Å². The van der Waals surface area contributed by atoms with E-state index in [2.05, 4.69) is 36.0 Å². The minimum Gasteiger partial charge on any atom is -0.355 e. The van der Waals surface area contributed by atoms with Crippen LogP contribution in [0, 0.1) is 0 Å². The first kappa shape index (κ1) is 15.2. The average molecular weight is 276 g/mol. The maximum atomic E-state index is 6.02. The van der Waals surface area contributed by atoms with Gasteiger partial charge < -0.3 is 10.6 Å². The molecular formula is C16H28N4. The van der Waals surface area contributed by atoms with Gasteiger partial charge in [-0.2, -0.15) is 5.10 Å². The van der Waals surface area contributed by atoms with Crippen molar-refractivity contribution in [2.24, 2.45) is 5.73 Å². The number of nitrogens with zero attached hydrogens (tertiary/aromatic N) is 3. The van der Waals surface area contributed by atoms with Gasteiger partial charge in [-0.3, -0.25) is 0 Å². The van der Waals surface area contributed by atoms with E-state index in [0.717, 1.165) is 24.4 Å². The molecule has 0 unspecified atom stereocenters. The smallest absolute Gasteiger partial charge is 0.156 e. The van der Waals surface area contributed by atoms with Crippen molar-refractivity contribution >= 4 is 5.82 Å². The van der Waals surface area contributed by atoms with Crippen LogP contribution < -0.4 is 10.6 Å². The van der Waals surface area contributed by atoms with Crippen molar-refractivity contribution in [3.05, 3.63) is 16.8 Å². The summed E-state index contributed by atoms with van der Waals surface area (Å²) in [5.41, 5.74) is 9.64. The number of rotatable bonds is 5. The standard InChI is InChI=1S/C16H28N4/c1-4-13-14(11-17)16(19-18-15(13)5-2)20(3)12-9-7-6-8-10-12/h12H,4-11,17H2,1-3H3. The van der Waals surface area contributed by atoms with Gasteiger partial charge in [0.25, 0.3) is 0 Å². The second-order valence-corrected chi connectivity index (χ2v) is 5.74. The van der Waals surface area contributed by atoms with Crippen LogP contribution in [0.2, 0.25) is 0 Å². The van der Waals surface area contributed by atoms with Gasteiger partial charge in [-0.25, -0.2) is 0 Å². The summed E-state index contributed by atoms with van der Waals surface area (Å²) in [4.78, 5) is 2.33. The Morgan fingerprint density at radius 3 is 2.30 bits per heavy atom. The predicted octanol–water partition coefficient (Wildman–Crippen LogP) is 2.83. The third-order valence-electron chi connectivity index (χ3n) is 4.60. The van der Waals surface area contributed by atoms with E-state index in [9.17, 15) is 0 Å². The number of aryl methyl sites for hydroxylation is 1. The minimum atomic E-state index is 0.554. The Bertz CT molecular complexity index is 438. The van der Waals surface area contributed by atoms with Gasteiger partial charge in [0.05, 0.1) is 5.69 Å². The number of anilines is 1. The van der Waals surface area contributed by atoms with Crippen molar-refractivity contribution in [3.63, 3.8) is 0 Å². The van der Waals surface area contributed by atoms with Crippen molar-refractivity contribution in [1.82, 2.24) is 10.2 Å². The Hall–Kier alpha value is -1.16. The molecule has 112 valence electrons. The predicted molar refractivity (Wildman–Crippen MR) is 84.0 cm³/mol. The van der Waals surface area contributed by atoms with E-state index >= 15 is 0 Å². The zero-order chi connectivity index (χ0) is 14.5. The van der Waals surface area contributed by atoms with Crippen LogP contribution >= 0.6 is 0 Å². The van der Waals surface area contributed by atoms with Gasteiger partial charge in [-0.05, 0) is 31.2 Å². The molecule has 0 radical (unpaired) electrons. The Labute approximate surface area is 122 Å². The van der Waals surface area contributed by atoms with Crippen LogP contribution in [0.5, 0.6) is 0 Å². The summed E-state index contributed by atoms with van der Waals surface area (Å²) in [6.07, 6.45) is 8.46. The molecule has 4 nitrogen and oxygen atoms in total. The molecule has 1 fully saturated rings. The summed E-state index contributed by atoms with van der Waals surface area (Å²) in [5, 5.41) is 8.95. The molecule has 0 saturated heterocycles. The molecular weight excluding hydrogens is 248 g/mol. The van der Waals surface area contributed by atoms with Crippen LogP contribution in [-0.2, 0) is 19.4 Å². The molecule has 2 rings (SSSR count). The van der Waals surface area contributed by atoms with E-state index in [4.69, 9.17) is 5.73 Å². The summed E-state index contributed by atoms with van der Waals surface area (Å²) < 4.78 is 0. The van der Waals surface area contributed by atoms with Crippen LogP contribution in [0.25, 0.3) is 0 Å². The lowest BCUT2D eigenvalue weighted by atomic mass is 9.94. The molecule has 0 bridgehead atoms. The summed E-state index contributed by atoms with van der Waals surface area (Å²) in [6, 6.07) is 0.598. The van der Waals surface area contributed by atoms with Crippen LogP contribution in [0.1, 0.15) is 62.8 Å². The molecule has 1 heterocycles. The van der Waals surface area contributed by atoms with Crippen LogP contribution in [0.4, 0.5) is 5.82 Å². The lowest BCUT2D eigenvalue weighted by Gasteiger charge is -2.33. The van der Waals surface area contributed by atoms with Gasteiger partial charge in [0, 0.05) is 25.2 Å². The van der Waals surface area contributed by atoms with E-state index in [1.165, 1.54) is 43.2 Å². The molecule has 1 aromatic rings. The Kier molecular flexibility index (Phi) is 5.35. The van der Waals surface area contributed by atoms with Gasteiger partial charge in [0.15, 0.2) is 5.82 Å². The maximum Gasteiger partial charge on any atom is 0.156 e. The molecule has 4 heteroatoms. The van der Waals surface area contributed by atoms with Crippen molar-refractivity contribution in [2.75, 3.05) is 11.9 Å². The van der Waals surface area contributed by atoms with Crippen molar-refractivity contribution in [1.29, 1.82) is 0 Å². The molecule has 0 aromatic carbocycles. The van der Waals surface area contributed by atoms with E-state index in [1.54, 1.807) is 0 Å². The fourth-order valence-electron chi connectivity index (χ4n) is 3.38. The highest BCUT2D eigenvalue weighted by Gasteiger charge is 2.23. The van der Waals surface area contributed by atoms with Crippen LogP contribution in [0.3, 0.4) is 0 Å². The molecule has 1 saturated carbocycles. The molecule has 1 aliphatic rings. The average Bonchev–Trinajstić information content (AvgIpc) is 2.53. The third kappa shape index (κ3) is 2.95. The normalized spacial score (nSPS) is 16.4. The largest absolute Gasteiger partial charge is 0.355 e. The van der Waals surface area contributed by atoms with Crippen LogP contribution in [-0.4, -0.2) is 23.3 Å². The Balaban J connectivity index is 2.34. The fraction of sp³-hybridized carbons (Fsp3) is 0.750. The first-order valence-corrected chi connectivity index (χ1v) is 8.03. The lowest BCUT2D eigenvalue weighted by molar-refractivity contribution is 0.424. The summed E-state index contributed by atoms with van der Waals surface area (Å²) in [6.45, 7) is 4.87. The molecule has 0 aliphatic heterocycles. The quantitative estimate of drug-likeness (QED) is 0.898. The molecule has 2 N–H and O–H groups in total. The van der Waals surface area contributed by atoms with Crippen molar-refractivity contribution < 1.29 is 0 Å². The van der Waals surface area contributed by atoms with Gasteiger partial charge in [-0.15, -0.1) is 5.10 Å². The second kappa shape index (κ2) is 7.02. The van der Waals surface area contributed by atoms with Gasteiger partial charge in [0.1, 0.15) is 0 Å². The summed E-state index contributed by atoms with van der Waals surface area (Å²) in [5.74, 6) is 1.01. The highest BCUT2D eigenvalue weighted by atomic mass is 15.3. The monoisotopic (exact) mass is 276 g/mol. The highest BCUT2D eigenvalue weighted by Crippen LogP contribution is 2.29. The first-order valence-electron chi connectivity index (χ1n) is 8.03. The van der Waals surface area contributed by atoms with Gasteiger partial charge >= 0.3 is 0 Å². The highest BCUT2D eigenvalue weighted by molar-refractivity contribution is 5.51. The zero-order valence-corrected chi connectivity index (χ0v) is 13.2. The van der Waals surface area contributed by atoms with E-state index in [-0.39, 0.29) is 0 Å². The number of hydrogen-bond donors (Lipinski definition) is 1. The maximum absolute atomic E-state index is 6.02. The Morgan fingerprint density at radius 2 is 1.75 bits per heavy atom. The lowest BCUT2D eigenvalue weighted by Crippen LogP contribution is -2.35. The van der Waals surface area contributed by atoms with Crippen molar-refractivity contribution in [2.45, 2.75) is 71.4 Å². The van der Waals surface area contributed by atoms with E-state index in [0.29, 0.717) is 12.6 Å². The van der Waals surface area contributed by atoms with Crippen LogP contribution in [0.15, 0.2) is 0 Å². The molecule has 1 aromatic heterocycles. The topological polar surface area (TPSA) is 55.0 Å². The molecule has 0 atom stereocenters. The van der Waals surface area contributed by atoms with E-state index in [1.807, 2.05) is 0 Å².